The van der Waals surface area contributed by atoms with Crippen molar-refractivity contribution in [2.45, 2.75) is 32.4 Å². The highest BCUT2D eigenvalue weighted by molar-refractivity contribution is 9.10. The first-order valence-corrected chi connectivity index (χ1v) is 13.8. The highest BCUT2D eigenvalue weighted by Crippen LogP contribution is 2.45. The lowest BCUT2D eigenvalue weighted by Gasteiger charge is -2.23. The van der Waals surface area contributed by atoms with Crippen molar-refractivity contribution < 1.29 is 24.2 Å². The number of Topliss-reactive ketones (excluding diaryl/α,β-unsaturated/α-hetero) is 1. The van der Waals surface area contributed by atoms with Gasteiger partial charge in [-0.05, 0) is 73.5 Å². The number of benzene rings is 3. The summed E-state index contributed by atoms with van der Waals surface area (Å²) >= 11 is 4.80. The van der Waals surface area contributed by atoms with E-state index in [-0.39, 0.29) is 17.4 Å². The van der Waals surface area contributed by atoms with Crippen molar-refractivity contribution in [2.75, 3.05) is 11.5 Å². The number of carbonyl (C=O) groups excluding carboxylic acids is 2. The first-order chi connectivity index (χ1) is 18.3. The van der Waals surface area contributed by atoms with E-state index in [2.05, 4.69) is 20.9 Å². The third-order valence-corrected chi connectivity index (χ3v) is 8.15. The molecule has 0 bridgehead atoms. The van der Waals surface area contributed by atoms with Crippen LogP contribution in [-0.4, -0.2) is 34.5 Å². The van der Waals surface area contributed by atoms with Gasteiger partial charge in [-0.1, -0.05) is 39.4 Å². The van der Waals surface area contributed by atoms with E-state index in [0.717, 1.165) is 20.5 Å². The summed E-state index contributed by atoms with van der Waals surface area (Å²) < 4.78 is 13.0. The summed E-state index contributed by atoms with van der Waals surface area (Å²) in [4.78, 5) is 33.1. The van der Waals surface area contributed by atoms with E-state index in [0.29, 0.717) is 40.6 Å². The van der Waals surface area contributed by atoms with Gasteiger partial charge in [-0.25, -0.2) is 4.98 Å². The maximum Gasteiger partial charge on any atom is 0.301 e. The van der Waals surface area contributed by atoms with E-state index in [1.165, 1.54) is 16.2 Å². The standard InChI is InChI=1S/C29H23BrN2O5S/c1-3-36-20-8-9-21-23(14-20)38-29(31-21)32-25(16-5-4-6-19(30)13-16)24(27(34)28(32)35)26(33)17-7-10-22-18(12-17)11-15(2)37-22/h4-10,12-15,25,33H,3,11H2,1-2H3/b26-24+/t15-,25-/m0/s1. The number of hydrogen-bond acceptors (Lipinski definition) is 7. The van der Waals surface area contributed by atoms with Crippen LogP contribution in [0.4, 0.5) is 5.13 Å². The zero-order valence-corrected chi connectivity index (χ0v) is 23.0. The molecule has 192 valence electrons. The van der Waals surface area contributed by atoms with Crippen LogP contribution < -0.4 is 14.4 Å². The zero-order valence-electron chi connectivity index (χ0n) is 20.6. The quantitative estimate of drug-likeness (QED) is 0.164. The smallest absolute Gasteiger partial charge is 0.301 e. The van der Waals surface area contributed by atoms with Crippen molar-refractivity contribution in [3.05, 3.63) is 87.4 Å². The molecule has 3 heterocycles. The zero-order chi connectivity index (χ0) is 26.6. The summed E-state index contributed by atoms with van der Waals surface area (Å²) in [6.45, 7) is 4.42. The number of aliphatic hydroxyl groups is 1. The number of halogens is 1. The molecular weight excluding hydrogens is 568 g/mol. The first kappa shape index (κ1) is 24.6. The van der Waals surface area contributed by atoms with Gasteiger partial charge < -0.3 is 14.6 Å². The molecule has 0 radical (unpaired) electrons. The third-order valence-electron chi connectivity index (χ3n) is 6.64. The van der Waals surface area contributed by atoms with Crippen LogP contribution in [0, 0.1) is 0 Å². The SMILES string of the molecule is CCOc1ccc2nc(N3C(=O)C(=O)/C(=C(/O)c4ccc5c(c4)C[C@H](C)O5)[C@@H]3c3cccc(Br)c3)sc2c1. The van der Waals surface area contributed by atoms with Crippen LogP contribution in [0.15, 0.2) is 70.7 Å². The topological polar surface area (TPSA) is 89.0 Å². The van der Waals surface area contributed by atoms with Gasteiger partial charge in [0.05, 0.1) is 28.4 Å². The fourth-order valence-electron chi connectivity index (χ4n) is 5.00. The Labute approximate surface area is 231 Å². The van der Waals surface area contributed by atoms with Crippen LogP contribution in [0.5, 0.6) is 11.5 Å². The Morgan fingerprint density at radius 2 is 2.03 bits per heavy atom. The number of fused-ring (bicyclic) bond motifs is 2. The molecule has 38 heavy (non-hydrogen) atoms. The van der Waals surface area contributed by atoms with Crippen molar-refractivity contribution in [2.24, 2.45) is 0 Å². The number of ketones is 1. The van der Waals surface area contributed by atoms with Gasteiger partial charge in [-0.2, -0.15) is 0 Å². The van der Waals surface area contributed by atoms with Crippen LogP contribution in [0.3, 0.4) is 0 Å². The lowest BCUT2D eigenvalue weighted by molar-refractivity contribution is -0.132. The first-order valence-electron chi connectivity index (χ1n) is 12.2. The van der Waals surface area contributed by atoms with Gasteiger partial charge in [0.15, 0.2) is 5.13 Å². The Hall–Kier alpha value is -3.69. The maximum absolute atomic E-state index is 13.5. The van der Waals surface area contributed by atoms with Gasteiger partial charge in [0.25, 0.3) is 5.78 Å². The number of rotatable bonds is 5. The van der Waals surface area contributed by atoms with Crippen LogP contribution >= 0.6 is 27.3 Å². The number of amides is 1. The minimum atomic E-state index is -0.858. The summed E-state index contributed by atoms with van der Waals surface area (Å²) in [5.41, 5.74) is 2.80. The second kappa shape index (κ2) is 9.56. The van der Waals surface area contributed by atoms with Gasteiger partial charge in [0.2, 0.25) is 0 Å². The number of hydrogen-bond donors (Lipinski definition) is 1. The minimum Gasteiger partial charge on any atom is -0.507 e. The predicted molar refractivity (Wildman–Crippen MR) is 150 cm³/mol. The molecule has 0 spiro atoms. The highest BCUT2D eigenvalue weighted by atomic mass is 79.9. The van der Waals surface area contributed by atoms with E-state index < -0.39 is 17.7 Å². The van der Waals surface area contributed by atoms with Crippen molar-refractivity contribution in [1.82, 2.24) is 4.98 Å². The number of nitrogens with zero attached hydrogens (tertiary/aromatic N) is 2. The second-order valence-electron chi connectivity index (χ2n) is 9.24. The average Bonchev–Trinajstić information content (AvgIpc) is 3.56. The lowest BCUT2D eigenvalue weighted by atomic mass is 9.94. The molecule has 1 saturated heterocycles. The molecule has 1 N–H and O–H groups in total. The van der Waals surface area contributed by atoms with Crippen LogP contribution in [0.25, 0.3) is 16.0 Å². The lowest BCUT2D eigenvalue weighted by Crippen LogP contribution is -2.29. The summed E-state index contributed by atoms with van der Waals surface area (Å²) in [5, 5.41) is 11.9. The van der Waals surface area contributed by atoms with E-state index in [9.17, 15) is 14.7 Å². The summed E-state index contributed by atoms with van der Waals surface area (Å²) in [6, 6.07) is 17.4. The van der Waals surface area contributed by atoms with E-state index in [1.807, 2.05) is 62.4 Å². The van der Waals surface area contributed by atoms with Gasteiger partial charge in [0.1, 0.15) is 23.4 Å². The normalized spacial score (nSPS) is 20.1. The number of anilines is 1. The summed E-state index contributed by atoms with van der Waals surface area (Å²) in [5.74, 6) is -0.252. The van der Waals surface area contributed by atoms with Crippen molar-refractivity contribution >= 4 is 60.1 Å². The molecule has 2 aliphatic heterocycles. The highest BCUT2D eigenvalue weighted by Gasteiger charge is 2.48. The Kier molecular flexibility index (Phi) is 6.20. The Balaban J connectivity index is 1.51. The Morgan fingerprint density at radius 3 is 2.82 bits per heavy atom. The number of carbonyl (C=O) groups is 2. The Bertz CT molecular complexity index is 1650. The average molecular weight is 591 g/mol. The molecule has 9 heteroatoms. The van der Waals surface area contributed by atoms with E-state index >= 15 is 0 Å². The van der Waals surface area contributed by atoms with Gasteiger partial charge in [-0.15, -0.1) is 0 Å². The molecule has 7 nitrogen and oxygen atoms in total. The molecular formula is C29H23BrN2O5S. The van der Waals surface area contributed by atoms with Crippen LogP contribution in [0.2, 0.25) is 0 Å². The Morgan fingerprint density at radius 1 is 1.18 bits per heavy atom. The van der Waals surface area contributed by atoms with Crippen LogP contribution in [0.1, 0.15) is 36.6 Å². The van der Waals surface area contributed by atoms with Crippen molar-refractivity contribution in [1.29, 1.82) is 0 Å². The molecule has 0 saturated carbocycles. The molecule has 2 aliphatic rings. The number of aliphatic hydroxyl groups excluding tert-OH is 1. The van der Waals surface area contributed by atoms with Crippen molar-refractivity contribution in [3.8, 4) is 11.5 Å². The molecule has 2 atom stereocenters. The van der Waals surface area contributed by atoms with E-state index in [1.54, 1.807) is 12.1 Å². The molecule has 6 rings (SSSR count). The number of aromatic nitrogens is 1. The largest absolute Gasteiger partial charge is 0.507 e. The molecule has 1 amide bonds. The molecule has 0 unspecified atom stereocenters. The fourth-order valence-corrected chi connectivity index (χ4v) is 6.44. The van der Waals surface area contributed by atoms with E-state index in [4.69, 9.17) is 9.47 Å². The van der Waals surface area contributed by atoms with Gasteiger partial charge in [0, 0.05) is 16.5 Å². The molecule has 3 aromatic carbocycles. The second-order valence-corrected chi connectivity index (χ2v) is 11.2. The predicted octanol–water partition coefficient (Wildman–Crippen LogP) is 6.41. The summed E-state index contributed by atoms with van der Waals surface area (Å²) in [6.07, 6.45) is 0.742. The molecule has 4 aromatic rings. The third kappa shape index (κ3) is 4.16. The number of ether oxygens (including phenoxy) is 2. The fraction of sp³-hybridized carbons (Fsp3) is 0.207. The maximum atomic E-state index is 13.5. The van der Waals surface area contributed by atoms with Gasteiger partial charge >= 0.3 is 5.91 Å². The monoisotopic (exact) mass is 590 g/mol. The molecule has 1 fully saturated rings. The van der Waals surface area contributed by atoms with Gasteiger partial charge in [-0.3, -0.25) is 14.5 Å². The molecule has 1 aromatic heterocycles. The molecule has 0 aliphatic carbocycles. The van der Waals surface area contributed by atoms with Crippen LogP contribution in [-0.2, 0) is 16.0 Å². The van der Waals surface area contributed by atoms with Crippen molar-refractivity contribution in [3.63, 3.8) is 0 Å². The summed E-state index contributed by atoms with van der Waals surface area (Å²) in [7, 11) is 0. The minimum absolute atomic E-state index is 0.0225. The number of thiazole rings is 1.